The number of aryl methyl sites for hydroxylation is 1. The highest BCUT2D eigenvalue weighted by atomic mass is 16.5. The van der Waals surface area contributed by atoms with E-state index in [2.05, 4.69) is 9.55 Å². The van der Waals surface area contributed by atoms with E-state index >= 15 is 0 Å². The van der Waals surface area contributed by atoms with Gasteiger partial charge in [-0.1, -0.05) is 0 Å². The van der Waals surface area contributed by atoms with E-state index in [9.17, 15) is 4.79 Å². The van der Waals surface area contributed by atoms with Crippen LogP contribution in [0.4, 0.5) is 0 Å². The molecular formula is C20H18N4O3. The first-order valence-electron chi connectivity index (χ1n) is 8.64. The minimum atomic E-state index is -0.279. The molecule has 7 heteroatoms. The fraction of sp³-hybridized carbons (Fsp3) is 0.250. The maximum absolute atomic E-state index is 13.0. The predicted octanol–water partition coefficient (Wildman–Crippen LogP) is 2.76. The Hall–Kier alpha value is -3.53. The molecule has 0 unspecified atom stereocenters. The predicted molar refractivity (Wildman–Crippen MR) is 96.0 cm³/mol. The van der Waals surface area contributed by atoms with Crippen LogP contribution in [-0.2, 0) is 13.1 Å². The van der Waals surface area contributed by atoms with Crippen LogP contribution >= 0.6 is 0 Å². The molecule has 0 radical (unpaired) electrons. The molecule has 0 saturated heterocycles. The summed E-state index contributed by atoms with van der Waals surface area (Å²) in [5.41, 5.74) is 2.32. The standard InChI is InChI=1S/C20H18N4O3/c1-14-6-8-26-19(14)20(25)24-11-16-3-2-7-23(16)12-17(13-24)27-18-5-4-15(9-21)10-22-18/h2-8,10,17H,11-13H2,1H3/t17-/m1/s1. The summed E-state index contributed by atoms with van der Waals surface area (Å²) in [5.74, 6) is 0.620. The summed E-state index contributed by atoms with van der Waals surface area (Å²) in [5, 5.41) is 8.89. The van der Waals surface area contributed by atoms with Crippen LogP contribution in [0, 0.1) is 18.3 Å². The van der Waals surface area contributed by atoms with E-state index in [0.29, 0.717) is 36.8 Å². The van der Waals surface area contributed by atoms with Crippen LogP contribution < -0.4 is 4.74 Å². The monoisotopic (exact) mass is 362 g/mol. The van der Waals surface area contributed by atoms with Gasteiger partial charge >= 0.3 is 0 Å². The maximum atomic E-state index is 13.0. The van der Waals surface area contributed by atoms with Gasteiger partial charge in [-0.2, -0.15) is 5.26 Å². The largest absolute Gasteiger partial charge is 0.471 e. The lowest BCUT2D eigenvalue weighted by molar-refractivity contribution is 0.0615. The van der Waals surface area contributed by atoms with E-state index in [1.165, 1.54) is 12.5 Å². The Morgan fingerprint density at radius 1 is 1.33 bits per heavy atom. The van der Waals surface area contributed by atoms with E-state index in [4.69, 9.17) is 14.4 Å². The zero-order chi connectivity index (χ0) is 18.8. The maximum Gasteiger partial charge on any atom is 0.290 e. The Morgan fingerprint density at radius 3 is 2.93 bits per heavy atom. The molecule has 136 valence electrons. The number of carbonyl (C=O) groups is 1. The van der Waals surface area contributed by atoms with Crippen LogP contribution in [0.2, 0.25) is 0 Å². The molecule has 3 aromatic rings. The number of ether oxygens (including phenoxy) is 1. The van der Waals surface area contributed by atoms with Crippen LogP contribution in [0.15, 0.2) is 53.4 Å². The van der Waals surface area contributed by atoms with Crippen molar-refractivity contribution in [2.24, 2.45) is 0 Å². The zero-order valence-electron chi connectivity index (χ0n) is 14.8. The van der Waals surface area contributed by atoms with Gasteiger partial charge in [0.1, 0.15) is 12.2 Å². The number of hydrogen-bond acceptors (Lipinski definition) is 5. The molecule has 0 fully saturated rings. The molecule has 1 aliphatic heterocycles. The molecule has 1 aliphatic rings. The second-order valence-electron chi connectivity index (χ2n) is 6.51. The van der Waals surface area contributed by atoms with Crippen LogP contribution in [0.5, 0.6) is 5.88 Å². The van der Waals surface area contributed by atoms with Gasteiger partial charge in [0.05, 0.1) is 31.5 Å². The molecule has 0 aromatic carbocycles. The molecule has 4 rings (SSSR count). The first-order chi connectivity index (χ1) is 13.1. The minimum Gasteiger partial charge on any atom is -0.471 e. The van der Waals surface area contributed by atoms with Crippen molar-refractivity contribution in [3.8, 4) is 11.9 Å². The molecule has 0 saturated carbocycles. The lowest BCUT2D eigenvalue weighted by atomic mass is 10.2. The van der Waals surface area contributed by atoms with Gasteiger partial charge in [0, 0.05) is 29.7 Å². The molecule has 27 heavy (non-hydrogen) atoms. The third kappa shape index (κ3) is 3.42. The van der Waals surface area contributed by atoms with Crippen molar-refractivity contribution in [2.45, 2.75) is 26.1 Å². The van der Waals surface area contributed by atoms with E-state index < -0.39 is 0 Å². The second-order valence-corrected chi connectivity index (χ2v) is 6.51. The molecule has 0 bridgehead atoms. The molecule has 3 aromatic heterocycles. The number of furan rings is 1. The Balaban J connectivity index is 1.59. The van der Waals surface area contributed by atoms with E-state index in [0.717, 1.165) is 11.3 Å². The Morgan fingerprint density at radius 2 is 2.22 bits per heavy atom. The van der Waals surface area contributed by atoms with Gasteiger partial charge in [-0.15, -0.1) is 0 Å². The van der Waals surface area contributed by atoms with Crippen molar-refractivity contribution < 1.29 is 13.9 Å². The summed E-state index contributed by atoms with van der Waals surface area (Å²) < 4.78 is 13.5. The summed E-state index contributed by atoms with van der Waals surface area (Å²) in [6, 6.07) is 11.1. The number of fused-ring (bicyclic) bond motifs is 1. The number of nitrogens with zero attached hydrogens (tertiary/aromatic N) is 4. The summed E-state index contributed by atoms with van der Waals surface area (Å²) in [6.07, 6.45) is 4.70. The quantitative estimate of drug-likeness (QED) is 0.715. The van der Waals surface area contributed by atoms with Crippen molar-refractivity contribution in [2.75, 3.05) is 6.54 Å². The van der Waals surface area contributed by atoms with Gasteiger partial charge in [0.25, 0.3) is 5.91 Å². The highest BCUT2D eigenvalue weighted by molar-refractivity contribution is 5.92. The summed E-state index contributed by atoms with van der Waals surface area (Å²) >= 11 is 0. The third-order valence-corrected chi connectivity index (χ3v) is 4.60. The lowest BCUT2D eigenvalue weighted by Gasteiger charge is -2.24. The third-order valence-electron chi connectivity index (χ3n) is 4.60. The highest BCUT2D eigenvalue weighted by Gasteiger charge is 2.29. The van der Waals surface area contributed by atoms with Crippen molar-refractivity contribution in [1.29, 1.82) is 5.26 Å². The zero-order valence-corrected chi connectivity index (χ0v) is 14.8. The second kappa shape index (κ2) is 7.00. The van der Waals surface area contributed by atoms with Gasteiger partial charge in [-0.05, 0) is 31.2 Å². The Kier molecular flexibility index (Phi) is 4.38. The highest BCUT2D eigenvalue weighted by Crippen LogP contribution is 2.21. The van der Waals surface area contributed by atoms with Crippen LogP contribution in [-0.4, -0.2) is 33.0 Å². The van der Waals surface area contributed by atoms with Crippen molar-refractivity contribution >= 4 is 5.91 Å². The Labute approximate surface area is 156 Å². The van der Waals surface area contributed by atoms with Gasteiger partial charge in [-0.25, -0.2) is 4.98 Å². The average molecular weight is 362 g/mol. The van der Waals surface area contributed by atoms with Crippen molar-refractivity contribution in [1.82, 2.24) is 14.5 Å². The minimum absolute atomic E-state index is 0.159. The smallest absolute Gasteiger partial charge is 0.290 e. The molecule has 4 heterocycles. The molecule has 7 nitrogen and oxygen atoms in total. The van der Waals surface area contributed by atoms with Gasteiger partial charge in [0.2, 0.25) is 5.88 Å². The fourth-order valence-corrected chi connectivity index (χ4v) is 3.21. The number of carbonyl (C=O) groups excluding carboxylic acids is 1. The number of amides is 1. The average Bonchev–Trinajstić information content (AvgIpc) is 3.26. The first kappa shape index (κ1) is 16.9. The first-order valence-corrected chi connectivity index (χ1v) is 8.64. The topological polar surface area (TPSA) is 84.3 Å². The SMILES string of the molecule is Cc1ccoc1C(=O)N1Cc2cccn2C[C@@H](Oc2ccc(C#N)cn2)C1. The molecule has 1 amide bonds. The van der Waals surface area contributed by atoms with Crippen molar-refractivity contribution in [3.63, 3.8) is 0 Å². The van der Waals surface area contributed by atoms with Gasteiger partial charge < -0.3 is 18.6 Å². The van der Waals surface area contributed by atoms with Crippen LogP contribution in [0.3, 0.4) is 0 Å². The lowest BCUT2D eigenvalue weighted by Crippen LogP contribution is -2.38. The van der Waals surface area contributed by atoms with E-state index in [-0.39, 0.29) is 12.0 Å². The number of hydrogen-bond donors (Lipinski definition) is 0. The number of pyridine rings is 1. The molecule has 0 spiro atoms. The van der Waals surface area contributed by atoms with E-state index in [1.807, 2.05) is 31.3 Å². The number of rotatable bonds is 3. The summed E-state index contributed by atoms with van der Waals surface area (Å²) in [4.78, 5) is 18.9. The van der Waals surface area contributed by atoms with Crippen LogP contribution in [0.25, 0.3) is 0 Å². The number of aromatic nitrogens is 2. The molecule has 0 aliphatic carbocycles. The van der Waals surface area contributed by atoms with Crippen molar-refractivity contribution in [3.05, 3.63) is 71.6 Å². The summed E-state index contributed by atoms with van der Waals surface area (Å²) in [6.45, 7) is 3.34. The van der Waals surface area contributed by atoms with Crippen LogP contribution in [0.1, 0.15) is 27.4 Å². The normalized spacial score (nSPS) is 16.3. The Bertz CT molecular complexity index is 997. The molecule has 0 N–H and O–H groups in total. The fourth-order valence-electron chi connectivity index (χ4n) is 3.21. The molecule has 1 atom stereocenters. The number of nitriles is 1. The molecular weight excluding hydrogens is 344 g/mol. The van der Waals surface area contributed by atoms with E-state index in [1.54, 1.807) is 23.1 Å². The summed E-state index contributed by atoms with van der Waals surface area (Å²) in [7, 11) is 0. The van der Waals surface area contributed by atoms with Gasteiger partial charge in [0.15, 0.2) is 5.76 Å². The van der Waals surface area contributed by atoms with Gasteiger partial charge in [-0.3, -0.25) is 4.79 Å².